The van der Waals surface area contributed by atoms with E-state index >= 15 is 0 Å². The van der Waals surface area contributed by atoms with Crippen LogP contribution in [0.1, 0.15) is 64.7 Å². The quantitative estimate of drug-likeness (QED) is 0.754. The molecule has 0 atom stereocenters. The Morgan fingerprint density at radius 2 is 1.73 bits per heavy atom. The average molecular weight is 415 g/mol. The van der Waals surface area contributed by atoms with E-state index < -0.39 is 22.6 Å². The Labute approximate surface area is 177 Å². The smallest absolute Gasteiger partial charge is 0.349 e. The summed E-state index contributed by atoms with van der Waals surface area (Å²) in [4.78, 5) is 27.6. The van der Waals surface area contributed by atoms with Crippen LogP contribution in [0, 0.1) is 0 Å². The molecule has 7 heteroatoms. The van der Waals surface area contributed by atoms with Gasteiger partial charge < -0.3 is 14.6 Å². The Morgan fingerprint density at radius 1 is 1.13 bits per heavy atom. The lowest BCUT2D eigenvalue weighted by molar-refractivity contribution is -0.289. The molecule has 1 N–H and O–H groups in total. The number of benzene rings is 1. The molecule has 2 heterocycles. The van der Waals surface area contributed by atoms with Gasteiger partial charge in [0.1, 0.15) is 11.1 Å². The van der Waals surface area contributed by atoms with Crippen molar-refractivity contribution in [1.29, 1.82) is 0 Å². The van der Waals surface area contributed by atoms with Crippen molar-refractivity contribution in [2.75, 3.05) is 18.0 Å². The minimum Gasteiger partial charge on any atom is -0.422 e. The first-order valence-electron chi connectivity index (χ1n) is 10.6. The summed E-state index contributed by atoms with van der Waals surface area (Å²) in [5.74, 6) is -0.464. The molecule has 0 aliphatic carbocycles. The number of hydroxylamine groups is 2. The number of hydrogen-bond donors (Lipinski definition) is 1. The summed E-state index contributed by atoms with van der Waals surface area (Å²) in [7, 11) is 0. The molecule has 1 amide bonds. The topological polar surface area (TPSA) is 85.7 Å². The summed E-state index contributed by atoms with van der Waals surface area (Å²) >= 11 is 0. The lowest BCUT2D eigenvalue weighted by atomic mass is 9.79. The van der Waals surface area contributed by atoms with Crippen LogP contribution in [0.4, 0.5) is 5.69 Å². The number of nitrogens with zero attached hydrogens (tertiary/aromatic N) is 2. The fourth-order valence-corrected chi connectivity index (χ4v) is 4.67. The maximum Gasteiger partial charge on any atom is 0.349 e. The van der Waals surface area contributed by atoms with Crippen molar-refractivity contribution in [2.45, 2.75) is 71.5 Å². The Balaban J connectivity index is 1.86. The highest BCUT2D eigenvalue weighted by Gasteiger charge is 2.46. The maximum absolute atomic E-state index is 12.9. The van der Waals surface area contributed by atoms with Crippen molar-refractivity contribution in [3.8, 4) is 0 Å². The van der Waals surface area contributed by atoms with Gasteiger partial charge in [-0.15, -0.1) is 10.3 Å². The lowest BCUT2D eigenvalue weighted by Crippen LogP contribution is -2.62. The van der Waals surface area contributed by atoms with Gasteiger partial charge in [-0.3, -0.25) is 4.79 Å². The van der Waals surface area contributed by atoms with Gasteiger partial charge in [-0.2, -0.15) is 0 Å². The van der Waals surface area contributed by atoms with Gasteiger partial charge in [-0.25, -0.2) is 4.79 Å². The summed E-state index contributed by atoms with van der Waals surface area (Å²) in [6, 6.07) is 7.05. The molecule has 1 aliphatic heterocycles. The zero-order valence-corrected chi connectivity index (χ0v) is 18.7. The molecular formula is C23H32N3O4. The Kier molecular flexibility index (Phi) is 5.98. The minimum absolute atomic E-state index is 0.0155. The summed E-state index contributed by atoms with van der Waals surface area (Å²) in [5, 5.41) is 17.3. The number of rotatable bonds is 5. The first-order valence-corrected chi connectivity index (χ1v) is 10.6. The van der Waals surface area contributed by atoms with Crippen LogP contribution in [-0.4, -0.2) is 41.2 Å². The second-order valence-electron chi connectivity index (χ2n) is 9.34. The van der Waals surface area contributed by atoms with Gasteiger partial charge in [-0.1, -0.05) is 0 Å². The summed E-state index contributed by atoms with van der Waals surface area (Å²) in [6.07, 6.45) is 1.02. The molecule has 1 aliphatic rings. The third-order valence-corrected chi connectivity index (χ3v) is 6.02. The highest BCUT2D eigenvalue weighted by molar-refractivity contribution is 5.97. The minimum atomic E-state index is -0.656. The molecule has 0 bridgehead atoms. The fraction of sp³-hybridized carbons (Fsp3) is 0.565. The Hall–Kier alpha value is -2.38. The van der Waals surface area contributed by atoms with Crippen LogP contribution in [0.25, 0.3) is 11.0 Å². The number of nitrogens with one attached hydrogen (secondary N) is 1. The zero-order valence-electron chi connectivity index (χ0n) is 18.7. The molecule has 0 unspecified atom stereocenters. The van der Waals surface area contributed by atoms with Crippen molar-refractivity contribution in [3.63, 3.8) is 0 Å². The molecule has 1 aromatic heterocycles. The molecular weight excluding hydrogens is 382 g/mol. The van der Waals surface area contributed by atoms with Crippen LogP contribution in [0.2, 0.25) is 0 Å². The maximum atomic E-state index is 12.9. The van der Waals surface area contributed by atoms with Crippen LogP contribution < -0.4 is 15.8 Å². The van der Waals surface area contributed by atoms with Crippen LogP contribution in [-0.2, 0) is 5.21 Å². The van der Waals surface area contributed by atoms with Crippen LogP contribution in [0.15, 0.2) is 33.5 Å². The van der Waals surface area contributed by atoms with Gasteiger partial charge in [0.15, 0.2) is 0 Å². The van der Waals surface area contributed by atoms with E-state index in [1.54, 1.807) is 6.07 Å². The molecule has 3 rings (SSSR count). The van der Waals surface area contributed by atoms with Gasteiger partial charge >= 0.3 is 5.63 Å². The molecule has 0 spiro atoms. The first kappa shape index (κ1) is 22.3. The Bertz CT molecular complexity index is 974. The third kappa shape index (κ3) is 4.23. The second kappa shape index (κ2) is 8.04. The monoisotopic (exact) mass is 414 g/mol. The van der Waals surface area contributed by atoms with E-state index in [0.717, 1.165) is 23.8 Å². The number of hydrogen-bond acceptors (Lipinski definition) is 5. The number of carbonyl (C=O) groups is 1. The van der Waals surface area contributed by atoms with Gasteiger partial charge in [0.2, 0.25) is 0 Å². The standard InChI is InChI=1S/C23H32N3O4/c1-7-25(8-2)17-10-9-15-11-18(21(28)30-19(15)12-17)20(27)24-16-13-22(3,4)26(29)23(5,6)14-16/h9-12,16H,7-8,13-14H2,1-6H3,(H,24,27). The molecule has 30 heavy (non-hydrogen) atoms. The molecule has 1 radical (unpaired) electrons. The summed E-state index contributed by atoms with van der Waals surface area (Å²) < 4.78 is 5.48. The van der Waals surface area contributed by atoms with E-state index in [1.807, 2.05) is 45.9 Å². The molecule has 1 aromatic carbocycles. The van der Waals surface area contributed by atoms with Crippen LogP contribution in [0.5, 0.6) is 0 Å². The fourth-order valence-electron chi connectivity index (χ4n) is 4.67. The number of amides is 1. The summed E-state index contributed by atoms with van der Waals surface area (Å²) in [5.41, 5.74) is -0.442. The van der Waals surface area contributed by atoms with Crippen LogP contribution >= 0.6 is 0 Å². The molecule has 2 aromatic rings. The van der Waals surface area contributed by atoms with Crippen molar-refractivity contribution in [3.05, 3.63) is 40.2 Å². The molecule has 1 fully saturated rings. The van der Waals surface area contributed by atoms with Crippen molar-refractivity contribution < 1.29 is 14.4 Å². The number of fused-ring (bicyclic) bond motifs is 1. The summed E-state index contributed by atoms with van der Waals surface area (Å²) in [6.45, 7) is 13.3. The lowest BCUT2D eigenvalue weighted by Gasteiger charge is -2.49. The van der Waals surface area contributed by atoms with E-state index in [2.05, 4.69) is 24.1 Å². The second-order valence-corrected chi connectivity index (χ2v) is 9.34. The van der Waals surface area contributed by atoms with Crippen molar-refractivity contribution >= 4 is 22.6 Å². The molecule has 0 saturated carbocycles. The molecule has 7 nitrogen and oxygen atoms in total. The average Bonchev–Trinajstić information content (AvgIpc) is 2.65. The van der Waals surface area contributed by atoms with E-state index in [1.165, 1.54) is 0 Å². The highest BCUT2D eigenvalue weighted by Crippen LogP contribution is 2.37. The Morgan fingerprint density at radius 3 is 2.30 bits per heavy atom. The highest BCUT2D eigenvalue weighted by atomic mass is 16.5. The number of anilines is 1. The predicted octanol–water partition coefficient (Wildman–Crippen LogP) is 3.74. The van der Waals surface area contributed by atoms with Crippen molar-refractivity contribution in [2.24, 2.45) is 0 Å². The largest absolute Gasteiger partial charge is 0.422 e. The van der Waals surface area contributed by atoms with E-state index in [-0.39, 0.29) is 11.6 Å². The normalized spacial score (nSPS) is 19.0. The number of carbonyl (C=O) groups excluding carboxylic acids is 1. The van der Waals surface area contributed by atoms with E-state index in [4.69, 9.17) is 4.42 Å². The van der Waals surface area contributed by atoms with Gasteiger partial charge in [0.25, 0.3) is 5.91 Å². The van der Waals surface area contributed by atoms with E-state index in [0.29, 0.717) is 23.8 Å². The van der Waals surface area contributed by atoms with E-state index in [9.17, 15) is 14.8 Å². The third-order valence-electron chi connectivity index (χ3n) is 6.02. The molecule has 1 saturated heterocycles. The zero-order chi connectivity index (χ0) is 22.3. The first-order chi connectivity index (χ1) is 14.0. The van der Waals surface area contributed by atoms with Crippen molar-refractivity contribution in [1.82, 2.24) is 10.4 Å². The number of piperidine rings is 1. The van der Waals surface area contributed by atoms with Gasteiger partial charge in [0.05, 0.1) is 0 Å². The SMILES string of the molecule is CCN(CC)c1ccc2cc(C(=O)NC3CC(C)(C)N([O])C(C)(C)C3)c(=O)oc2c1. The van der Waals surface area contributed by atoms with Crippen LogP contribution in [0.3, 0.4) is 0 Å². The molecule has 163 valence electrons. The van der Waals surface area contributed by atoms with Gasteiger partial charge in [0, 0.05) is 47.3 Å². The van der Waals surface area contributed by atoms with Gasteiger partial charge in [-0.05, 0) is 72.6 Å². The predicted molar refractivity (Wildman–Crippen MR) is 117 cm³/mol.